The van der Waals surface area contributed by atoms with Crippen LogP contribution in [0.1, 0.15) is 47.0 Å². The summed E-state index contributed by atoms with van der Waals surface area (Å²) in [5, 5.41) is 3.43. The molecular weight excluding hydrogens is 234 g/mol. The zero-order valence-electron chi connectivity index (χ0n) is 12.0. The molecule has 3 nitrogen and oxygen atoms in total. The van der Waals surface area contributed by atoms with Crippen molar-refractivity contribution in [2.45, 2.75) is 47.0 Å². The van der Waals surface area contributed by atoms with E-state index >= 15 is 0 Å². The van der Waals surface area contributed by atoms with Crippen LogP contribution in [0.3, 0.4) is 0 Å². The summed E-state index contributed by atoms with van der Waals surface area (Å²) in [4.78, 5) is 0. The van der Waals surface area contributed by atoms with Gasteiger partial charge in [-0.1, -0.05) is 27.7 Å². The highest BCUT2D eigenvalue weighted by molar-refractivity contribution is 7.90. The van der Waals surface area contributed by atoms with Gasteiger partial charge < -0.3 is 5.32 Å². The highest BCUT2D eigenvalue weighted by Crippen LogP contribution is 2.26. The Morgan fingerprint density at radius 3 is 2.24 bits per heavy atom. The molecule has 0 unspecified atom stereocenters. The van der Waals surface area contributed by atoms with E-state index in [1.165, 1.54) is 6.26 Å². The van der Waals surface area contributed by atoms with Gasteiger partial charge in [0, 0.05) is 12.0 Å². The Bertz CT molecular complexity index is 295. The van der Waals surface area contributed by atoms with Gasteiger partial charge in [0.2, 0.25) is 0 Å². The molecule has 0 saturated carbocycles. The van der Waals surface area contributed by atoms with Crippen LogP contribution >= 0.6 is 0 Å². The van der Waals surface area contributed by atoms with Gasteiger partial charge in [-0.05, 0) is 43.7 Å². The van der Waals surface area contributed by atoms with Gasteiger partial charge in [-0.3, -0.25) is 0 Å². The van der Waals surface area contributed by atoms with Gasteiger partial charge in [0.15, 0.2) is 0 Å². The molecule has 0 amide bonds. The first-order valence-corrected chi connectivity index (χ1v) is 8.57. The van der Waals surface area contributed by atoms with E-state index in [2.05, 4.69) is 33.0 Å². The number of sulfone groups is 1. The molecule has 4 heteroatoms. The molecule has 0 radical (unpaired) electrons. The van der Waals surface area contributed by atoms with Crippen molar-refractivity contribution in [3.8, 4) is 0 Å². The summed E-state index contributed by atoms with van der Waals surface area (Å²) in [6.07, 6.45) is 4.16. The van der Waals surface area contributed by atoms with Gasteiger partial charge in [-0.25, -0.2) is 8.42 Å². The highest BCUT2D eigenvalue weighted by atomic mass is 32.2. The molecule has 17 heavy (non-hydrogen) atoms. The zero-order chi connectivity index (χ0) is 13.5. The molecule has 0 atom stereocenters. The SMILES string of the molecule is CC(C)CNCCC(C)(C)CCCS(C)(=O)=O. The van der Waals surface area contributed by atoms with Gasteiger partial charge in [0.05, 0.1) is 0 Å². The molecule has 1 N–H and O–H groups in total. The maximum Gasteiger partial charge on any atom is 0.147 e. The molecule has 0 rings (SSSR count). The van der Waals surface area contributed by atoms with Crippen molar-refractivity contribution >= 4 is 9.84 Å². The fraction of sp³-hybridized carbons (Fsp3) is 1.00. The van der Waals surface area contributed by atoms with Gasteiger partial charge in [-0.15, -0.1) is 0 Å². The molecule has 0 spiro atoms. The molecule has 0 heterocycles. The van der Waals surface area contributed by atoms with Crippen molar-refractivity contribution in [2.24, 2.45) is 11.3 Å². The minimum Gasteiger partial charge on any atom is -0.316 e. The van der Waals surface area contributed by atoms with Crippen LogP contribution in [0.15, 0.2) is 0 Å². The Kier molecular flexibility index (Phi) is 7.33. The molecule has 0 saturated heterocycles. The van der Waals surface area contributed by atoms with Crippen LogP contribution in [0.4, 0.5) is 0 Å². The van der Waals surface area contributed by atoms with Gasteiger partial charge >= 0.3 is 0 Å². The predicted octanol–water partition coefficient (Wildman–Crippen LogP) is 2.47. The van der Waals surface area contributed by atoms with Crippen molar-refractivity contribution < 1.29 is 8.42 Å². The number of hydrogen-bond donors (Lipinski definition) is 1. The highest BCUT2D eigenvalue weighted by Gasteiger charge is 2.17. The molecule has 104 valence electrons. The monoisotopic (exact) mass is 263 g/mol. The second-order valence-corrected chi connectivity index (χ2v) is 8.51. The Labute approximate surface area is 107 Å². The standard InChI is InChI=1S/C13H29NO2S/c1-12(2)11-14-9-8-13(3,4)7-6-10-17(5,15)16/h12,14H,6-11H2,1-5H3. The van der Waals surface area contributed by atoms with E-state index in [9.17, 15) is 8.42 Å². The second kappa shape index (κ2) is 7.37. The fourth-order valence-electron chi connectivity index (χ4n) is 1.76. The van der Waals surface area contributed by atoms with E-state index in [0.717, 1.165) is 32.4 Å². The lowest BCUT2D eigenvalue weighted by Gasteiger charge is -2.24. The van der Waals surface area contributed by atoms with Crippen molar-refractivity contribution in [1.29, 1.82) is 0 Å². The van der Waals surface area contributed by atoms with Gasteiger partial charge in [0.1, 0.15) is 9.84 Å². The van der Waals surface area contributed by atoms with E-state index in [1.807, 2.05) is 0 Å². The molecule has 0 aliphatic rings. The molecule has 0 aliphatic carbocycles. The summed E-state index contributed by atoms with van der Waals surface area (Å²) in [5.41, 5.74) is 0.231. The normalized spacial score (nSPS) is 13.3. The quantitative estimate of drug-likeness (QED) is 0.650. The maximum absolute atomic E-state index is 11.0. The van der Waals surface area contributed by atoms with Crippen LogP contribution in [0.25, 0.3) is 0 Å². The smallest absolute Gasteiger partial charge is 0.147 e. The second-order valence-electron chi connectivity index (χ2n) is 6.25. The third-order valence-corrected chi connectivity index (χ3v) is 3.93. The fourth-order valence-corrected chi connectivity index (χ4v) is 2.42. The Hall–Kier alpha value is -0.0900. The van der Waals surface area contributed by atoms with E-state index < -0.39 is 9.84 Å². The van der Waals surface area contributed by atoms with Crippen molar-refractivity contribution in [1.82, 2.24) is 5.32 Å². The molecule has 0 aliphatic heterocycles. The van der Waals surface area contributed by atoms with Crippen molar-refractivity contribution in [2.75, 3.05) is 25.1 Å². The number of nitrogens with one attached hydrogen (secondary N) is 1. The molecular formula is C13H29NO2S. The zero-order valence-corrected chi connectivity index (χ0v) is 12.9. The maximum atomic E-state index is 11.0. The van der Waals surface area contributed by atoms with E-state index in [0.29, 0.717) is 11.7 Å². The molecule has 0 bridgehead atoms. The Balaban J connectivity index is 3.72. The molecule has 0 fully saturated rings. The summed E-state index contributed by atoms with van der Waals surface area (Å²) in [5.74, 6) is 0.999. The average Bonchev–Trinajstić information content (AvgIpc) is 2.09. The molecule has 0 aromatic carbocycles. The van der Waals surface area contributed by atoms with Gasteiger partial charge in [0.25, 0.3) is 0 Å². The average molecular weight is 263 g/mol. The first-order chi connectivity index (χ1) is 7.62. The summed E-state index contributed by atoms with van der Waals surface area (Å²) in [6, 6.07) is 0. The largest absolute Gasteiger partial charge is 0.316 e. The van der Waals surface area contributed by atoms with Crippen LogP contribution in [-0.2, 0) is 9.84 Å². The van der Waals surface area contributed by atoms with Crippen molar-refractivity contribution in [3.63, 3.8) is 0 Å². The minimum atomic E-state index is -2.80. The van der Waals surface area contributed by atoms with Crippen LogP contribution in [-0.4, -0.2) is 33.5 Å². The van der Waals surface area contributed by atoms with Crippen LogP contribution < -0.4 is 5.32 Å². The van der Waals surface area contributed by atoms with E-state index in [-0.39, 0.29) is 5.41 Å². The lowest BCUT2D eigenvalue weighted by Crippen LogP contribution is -2.25. The lowest BCUT2D eigenvalue weighted by atomic mass is 9.84. The summed E-state index contributed by atoms with van der Waals surface area (Å²) in [6.45, 7) is 10.9. The number of hydrogen-bond acceptors (Lipinski definition) is 3. The molecule has 0 aromatic heterocycles. The summed E-state index contributed by atoms with van der Waals surface area (Å²) in [7, 11) is -2.80. The third kappa shape index (κ3) is 12.2. The van der Waals surface area contributed by atoms with Crippen LogP contribution in [0, 0.1) is 11.3 Å². The van der Waals surface area contributed by atoms with Crippen LogP contribution in [0.2, 0.25) is 0 Å². The summed E-state index contributed by atoms with van der Waals surface area (Å²) >= 11 is 0. The first-order valence-electron chi connectivity index (χ1n) is 6.51. The summed E-state index contributed by atoms with van der Waals surface area (Å²) < 4.78 is 22.1. The van der Waals surface area contributed by atoms with Crippen LogP contribution in [0.5, 0.6) is 0 Å². The predicted molar refractivity (Wildman–Crippen MR) is 75.1 cm³/mol. The van der Waals surface area contributed by atoms with E-state index in [1.54, 1.807) is 0 Å². The minimum absolute atomic E-state index is 0.231. The topological polar surface area (TPSA) is 46.2 Å². The van der Waals surface area contributed by atoms with E-state index in [4.69, 9.17) is 0 Å². The lowest BCUT2D eigenvalue weighted by molar-refractivity contribution is 0.297. The van der Waals surface area contributed by atoms with Gasteiger partial charge in [-0.2, -0.15) is 0 Å². The Morgan fingerprint density at radius 2 is 1.76 bits per heavy atom. The Morgan fingerprint density at radius 1 is 1.18 bits per heavy atom. The first kappa shape index (κ1) is 16.9. The van der Waals surface area contributed by atoms with Crippen molar-refractivity contribution in [3.05, 3.63) is 0 Å². The number of rotatable bonds is 9. The third-order valence-electron chi connectivity index (χ3n) is 2.90. The molecule has 0 aromatic rings.